The van der Waals surface area contributed by atoms with Crippen molar-refractivity contribution in [3.63, 3.8) is 0 Å². The first-order valence-electron chi connectivity index (χ1n) is 9.28. The van der Waals surface area contributed by atoms with Crippen molar-refractivity contribution in [2.75, 3.05) is 26.7 Å². The number of hydrogen-bond donors (Lipinski definition) is 2. The van der Waals surface area contributed by atoms with E-state index in [9.17, 15) is 4.79 Å². The van der Waals surface area contributed by atoms with E-state index in [-0.39, 0.29) is 5.91 Å². The summed E-state index contributed by atoms with van der Waals surface area (Å²) in [6.07, 6.45) is 4.11. The van der Waals surface area contributed by atoms with E-state index < -0.39 is 0 Å². The smallest absolute Gasteiger partial charge is 0.253 e. The zero-order valence-corrected chi connectivity index (χ0v) is 15.1. The van der Waals surface area contributed by atoms with E-state index in [0.717, 1.165) is 54.8 Å². The number of amides is 1. The molecule has 1 aliphatic rings. The molecular weight excluding hydrogens is 324 g/mol. The molecule has 0 radical (unpaired) electrons. The Morgan fingerprint density at radius 3 is 2.62 bits per heavy atom. The summed E-state index contributed by atoms with van der Waals surface area (Å²) in [5, 5.41) is 3.24. The predicted octanol–water partition coefficient (Wildman–Crippen LogP) is 2.52. The number of fused-ring (bicyclic) bond motifs is 1. The number of nitrogens with zero attached hydrogens (tertiary/aromatic N) is 2. The Hall–Kier alpha value is -2.66. The molecule has 4 rings (SSSR count). The fourth-order valence-corrected chi connectivity index (χ4v) is 3.80. The number of imidazole rings is 1. The number of rotatable bonds is 4. The average molecular weight is 349 g/mol. The van der Waals surface area contributed by atoms with E-state index in [1.807, 2.05) is 54.7 Å². The monoisotopic (exact) mass is 349 g/mol. The van der Waals surface area contributed by atoms with Crippen molar-refractivity contribution in [2.45, 2.75) is 12.8 Å². The zero-order chi connectivity index (χ0) is 17.9. The third-order valence-corrected chi connectivity index (χ3v) is 5.30. The Labute approximate surface area is 153 Å². The van der Waals surface area contributed by atoms with Crippen molar-refractivity contribution >= 4 is 16.9 Å². The molecule has 3 aromatic rings. The first kappa shape index (κ1) is 16.8. The van der Waals surface area contributed by atoms with Gasteiger partial charge < -0.3 is 10.2 Å². The molecule has 1 aromatic heterocycles. The highest BCUT2D eigenvalue weighted by Crippen LogP contribution is 2.19. The summed E-state index contributed by atoms with van der Waals surface area (Å²) in [6.45, 7) is 2.74. The quantitative estimate of drug-likeness (QED) is 0.711. The van der Waals surface area contributed by atoms with Crippen molar-refractivity contribution in [2.24, 2.45) is 5.92 Å². The molecule has 134 valence electrons. The van der Waals surface area contributed by atoms with Gasteiger partial charge >= 0.3 is 0 Å². The Bertz CT molecular complexity index is 892. The van der Waals surface area contributed by atoms with E-state index in [1.165, 1.54) is 0 Å². The van der Waals surface area contributed by atoms with Crippen LogP contribution in [0.5, 0.6) is 0 Å². The summed E-state index contributed by atoms with van der Waals surface area (Å²) in [5.41, 5.74) is 4.03. The van der Waals surface area contributed by atoms with Gasteiger partial charge in [0.05, 0.1) is 0 Å². The molecule has 0 bridgehead atoms. The summed E-state index contributed by atoms with van der Waals surface area (Å²) in [4.78, 5) is 18.0. The van der Waals surface area contributed by atoms with Gasteiger partial charge in [-0.3, -0.25) is 4.79 Å². The van der Waals surface area contributed by atoms with Gasteiger partial charge in [0.25, 0.3) is 5.91 Å². The van der Waals surface area contributed by atoms with Crippen LogP contribution in [-0.4, -0.2) is 42.5 Å². The number of aromatic nitrogens is 2. The predicted molar refractivity (Wildman–Crippen MR) is 102 cm³/mol. The third kappa shape index (κ3) is 3.22. The van der Waals surface area contributed by atoms with Crippen LogP contribution < -0.4 is 9.88 Å². The lowest BCUT2D eigenvalue weighted by Crippen LogP contribution is -2.40. The molecule has 2 aromatic carbocycles. The highest BCUT2D eigenvalue weighted by molar-refractivity contribution is 5.94. The van der Waals surface area contributed by atoms with Crippen LogP contribution in [-0.2, 0) is 0 Å². The normalized spacial score (nSPS) is 15.5. The van der Waals surface area contributed by atoms with Crippen molar-refractivity contribution in [1.82, 2.24) is 15.2 Å². The van der Waals surface area contributed by atoms with Crippen molar-refractivity contribution in [3.8, 4) is 5.69 Å². The number of hydrogen-bond acceptors (Lipinski definition) is 2. The lowest BCUT2D eigenvalue weighted by atomic mass is 9.96. The topological polar surface area (TPSA) is 52.0 Å². The number of piperidine rings is 1. The fraction of sp³-hybridized carbons (Fsp3) is 0.333. The number of H-pyrrole nitrogens is 1. The second-order valence-corrected chi connectivity index (χ2v) is 7.00. The van der Waals surface area contributed by atoms with Gasteiger partial charge in [0, 0.05) is 18.7 Å². The summed E-state index contributed by atoms with van der Waals surface area (Å²) in [6, 6.07) is 16.1. The summed E-state index contributed by atoms with van der Waals surface area (Å²) >= 11 is 0. The Morgan fingerprint density at radius 2 is 1.88 bits per heavy atom. The van der Waals surface area contributed by atoms with Crippen LogP contribution in [0.2, 0.25) is 0 Å². The zero-order valence-electron chi connectivity index (χ0n) is 15.1. The van der Waals surface area contributed by atoms with Gasteiger partial charge in [-0.25, -0.2) is 4.98 Å². The first-order valence-corrected chi connectivity index (χ1v) is 9.28. The number of benzene rings is 2. The number of aromatic amines is 1. The molecule has 0 atom stereocenters. The Morgan fingerprint density at radius 1 is 1.15 bits per heavy atom. The number of carbonyl (C=O) groups excluding carboxylic acids is 1. The van der Waals surface area contributed by atoms with Crippen LogP contribution in [0.25, 0.3) is 16.7 Å². The SMILES string of the molecule is CNCC1CCN(C(=O)c2ccc(-[n+]3c[nH]c4ccccc43)cc2)CC1. The van der Waals surface area contributed by atoms with Gasteiger partial charge in [0.1, 0.15) is 5.69 Å². The van der Waals surface area contributed by atoms with Gasteiger partial charge in [-0.2, -0.15) is 4.57 Å². The van der Waals surface area contributed by atoms with Crippen LogP contribution >= 0.6 is 0 Å². The molecule has 5 nitrogen and oxygen atoms in total. The highest BCUT2D eigenvalue weighted by atomic mass is 16.2. The Kier molecular flexibility index (Phi) is 4.71. The summed E-state index contributed by atoms with van der Waals surface area (Å²) in [5.74, 6) is 0.827. The second kappa shape index (κ2) is 7.30. The van der Waals surface area contributed by atoms with E-state index in [4.69, 9.17) is 0 Å². The minimum Gasteiger partial charge on any atom is -0.339 e. The number of likely N-dealkylation sites (tertiary alicyclic amines) is 1. The molecule has 0 spiro atoms. The minimum atomic E-state index is 0.142. The highest BCUT2D eigenvalue weighted by Gasteiger charge is 2.23. The molecule has 0 aliphatic carbocycles. The van der Waals surface area contributed by atoms with Gasteiger partial charge in [-0.1, -0.05) is 12.1 Å². The van der Waals surface area contributed by atoms with Crippen molar-refractivity contribution in [3.05, 3.63) is 60.4 Å². The molecule has 1 aliphatic heterocycles. The summed E-state index contributed by atoms with van der Waals surface area (Å²) < 4.78 is 2.10. The molecule has 5 heteroatoms. The van der Waals surface area contributed by atoms with Crippen molar-refractivity contribution < 1.29 is 9.36 Å². The standard InChI is InChI=1S/C21H24N4O/c1-22-14-16-10-12-24(13-11-16)21(26)17-6-8-18(9-7-17)25-15-23-19-4-2-3-5-20(19)25/h2-9,15-16,22H,10-14H2,1H3/p+1. The van der Waals surface area contributed by atoms with Crippen LogP contribution in [0, 0.1) is 5.92 Å². The van der Waals surface area contributed by atoms with Crippen molar-refractivity contribution in [1.29, 1.82) is 0 Å². The molecular formula is C21H25N4O+. The van der Waals surface area contributed by atoms with E-state index in [1.54, 1.807) is 0 Å². The maximum absolute atomic E-state index is 12.8. The second-order valence-electron chi connectivity index (χ2n) is 7.00. The maximum Gasteiger partial charge on any atom is 0.253 e. The van der Waals surface area contributed by atoms with E-state index in [2.05, 4.69) is 27.0 Å². The molecule has 26 heavy (non-hydrogen) atoms. The molecule has 1 amide bonds. The van der Waals surface area contributed by atoms with Crippen LogP contribution in [0.15, 0.2) is 54.9 Å². The molecule has 2 heterocycles. The molecule has 2 N–H and O–H groups in total. The van der Waals surface area contributed by atoms with E-state index in [0.29, 0.717) is 5.92 Å². The first-order chi connectivity index (χ1) is 12.8. The third-order valence-electron chi connectivity index (χ3n) is 5.30. The lowest BCUT2D eigenvalue weighted by molar-refractivity contribution is -0.567. The number of nitrogens with one attached hydrogen (secondary N) is 2. The largest absolute Gasteiger partial charge is 0.339 e. The van der Waals surface area contributed by atoms with E-state index >= 15 is 0 Å². The summed E-state index contributed by atoms with van der Waals surface area (Å²) in [7, 11) is 1.99. The maximum atomic E-state index is 12.8. The van der Waals surface area contributed by atoms with Gasteiger partial charge in [-0.05, 0) is 68.8 Å². The van der Waals surface area contributed by atoms with Crippen LogP contribution in [0.4, 0.5) is 0 Å². The fourth-order valence-electron chi connectivity index (χ4n) is 3.80. The molecule has 0 unspecified atom stereocenters. The molecule has 1 fully saturated rings. The average Bonchev–Trinajstić information content (AvgIpc) is 3.13. The van der Waals surface area contributed by atoms with Crippen LogP contribution in [0.1, 0.15) is 23.2 Å². The van der Waals surface area contributed by atoms with Gasteiger partial charge in [0.15, 0.2) is 11.0 Å². The number of para-hydroxylation sites is 2. The lowest BCUT2D eigenvalue weighted by Gasteiger charge is -2.32. The van der Waals surface area contributed by atoms with Gasteiger partial charge in [0.2, 0.25) is 6.33 Å². The van der Waals surface area contributed by atoms with Crippen LogP contribution in [0.3, 0.4) is 0 Å². The molecule has 1 saturated heterocycles. The Balaban J connectivity index is 1.49. The number of carbonyl (C=O) groups is 1. The van der Waals surface area contributed by atoms with Gasteiger partial charge in [-0.15, -0.1) is 0 Å². The molecule has 0 saturated carbocycles. The minimum absolute atomic E-state index is 0.142.